The first-order valence-corrected chi connectivity index (χ1v) is 10.8. The van der Waals surface area contributed by atoms with E-state index >= 15 is 0 Å². The second kappa shape index (κ2) is 11.1. The first-order valence-electron chi connectivity index (χ1n) is 9.60. The number of carbonyl (C=O) groups is 2. The molecule has 2 N–H and O–H groups in total. The fraction of sp³-hybridized carbons (Fsp3) is 0.524. The van der Waals surface area contributed by atoms with E-state index < -0.39 is 0 Å². The summed E-state index contributed by atoms with van der Waals surface area (Å²) >= 11 is 1.59. The molecule has 1 aliphatic carbocycles. The maximum Gasteiger partial charge on any atom is 0.238 e. The summed E-state index contributed by atoms with van der Waals surface area (Å²) in [4.78, 5) is 27.5. The molecule has 1 aliphatic rings. The number of nitrogens with one attached hydrogen (secondary N) is 2. The van der Waals surface area contributed by atoms with Gasteiger partial charge >= 0.3 is 0 Å². The summed E-state index contributed by atoms with van der Waals surface area (Å²) in [6.07, 6.45) is 10.1. The molecule has 0 radical (unpaired) electrons. The molecule has 0 saturated carbocycles. The lowest BCUT2D eigenvalue weighted by Gasteiger charge is -2.23. The van der Waals surface area contributed by atoms with Crippen molar-refractivity contribution >= 4 is 29.3 Å². The lowest BCUT2D eigenvalue weighted by atomic mass is 9.97. The third-order valence-corrected chi connectivity index (χ3v) is 5.74. The predicted molar refractivity (Wildman–Crippen MR) is 113 cm³/mol. The zero-order valence-electron chi connectivity index (χ0n) is 16.6. The molecular weight excluding hydrogens is 358 g/mol. The summed E-state index contributed by atoms with van der Waals surface area (Å²) in [6.45, 7) is 2.66. The maximum absolute atomic E-state index is 12.4. The van der Waals surface area contributed by atoms with Gasteiger partial charge in [0.05, 0.1) is 18.3 Å². The Bertz CT molecular complexity index is 675. The third-order valence-electron chi connectivity index (χ3n) is 4.95. The molecule has 2 amide bonds. The molecule has 1 aromatic carbocycles. The van der Waals surface area contributed by atoms with Crippen molar-refractivity contribution in [2.75, 3.05) is 31.7 Å². The molecule has 0 bridgehead atoms. The lowest BCUT2D eigenvalue weighted by Crippen LogP contribution is -2.46. The van der Waals surface area contributed by atoms with Gasteiger partial charge in [0.25, 0.3) is 0 Å². The van der Waals surface area contributed by atoms with Crippen LogP contribution in [0.4, 0.5) is 5.69 Å². The number of anilines is 1. The fourth-order valence-electron chi connectivity index (χ4n) is 3.13. The standard InChI is InChI=1S/C21H31N3O2S/c1-16(21(26)22-14-13-17-9-5-4-6-10-17)24(2)15-20(25)23-18-11-7-8-12-19(18)27-3/h7-9,11-12,16H,4-6,10,13-15H2,1-3H3,(H,22,26)(H,23,25)/t16-/m0/s1. The Morgan fingerprint density at radius 2 is 2.04 bits per heavy atom. The van der Waals surface area contributed by atoms with Crippen LogP contribution in [0.3, 0.4) is 0 Å². The molecule has 2 rings (SSSR count). The van der Waals surface area contributed by atoms with E-state index in [-0.39, 0.29) is 24.4 Å². The van der Waals surface area contributed by atoms with Gasteiger partial charge in [-0.1, -0.05) is 23.8 Å². The van der Waals surface area contributed by atoms with Crippen molar-refractivity contribution in [3.8, 4) is 0 Å². The van der Waals surface area contributed by atoms with Crippen LogP contribution in [-0.2, 0) is 9.59 Å². The number of benzene rings is 1. The lowest BCUT2D eigenvalue weighted by molar-refractivity contribution is -0.126. The number of amides is 2. The number of likely N-dealkylation sites (N-methyl/N-ethyl adjacent to an activating group) is 1. The zero-order valence-corrected chi connectivity index (χ0v) is 17.4. The van der Waals surface area contributed by atoms with E-state index in [1.165, 1.54) is 18.4 Å². The molecule has 0 heterocycles. The predicted octanol–water partition coefficient (Wildman–Crippen LogP) is 3.67. The van der Waals surface area contributed by atoms with Gasteiger partial charge in [0.1, 0.15) is 0 Å². The first-order chi connectivity index (χ1) is 13.0. The quantitative estimate of drug-likeness (QED) is 0.500. The zero-order chi connectivity index (χ0) is 19.6. The van der Waals surface area contributed by atoms with Crippen LogP contribution in [0.2, 0.25) is 0 Å². The number of hydrogen-bond donors (Lipinski definition) is 2. The highest BCUT2D eigenvalue weighted by Crippen LogP contribution is 2.24. The molecule has 1 aromatic rings. The van der Waals surface area contributed by atoms with Crippen molar-refractivity contribution in [1.29, 1.82) is 0 Å². The Kier molecular flexibility index (Phi) is 8.88. The van der Waals surface area contributed by atoms with Crippen LogP contribution in [0.25, 0.3) is 0 Å². The Morgan fingerprint density at radius 3 is 2.74 bits per heavy atom. The topological polar surface area (TPSA) is 61.4 Å². The highest BCUT2D eigenvalue weighted by Gasteiger charge is 2.20. The van der Waals surface area contributed by atoms with Gasteiger partial charge in [-0.2, -0.15) is 0 Å². The molecule has 148 valence electrons. The second-order valence-corrected chi connectivity index (χ2v) is 7.84. The normalized spacial score (nSPS) is 15.2. The van der Waals surface area contributed by atoms with Gasteiger partial charge in [0, 0.05) is 11.4 Å². The van der Waals surface area contributed by atoms with Crippen molar-refractivity contribution in [3.05, 3.63) is 35.9 Å². The van der Waals surface area contributed by atoms with Gasteiger partial charge in [0.2, 0.25) is 11.8 Å². The van der Waals surface area contributed by atoms with E-state index in [9.17, 15) is 9.59 Å². The van der Waals surface area contributed by atoms with Crippen LogP contribution < -0.4 is 10.6 Å². The van der Waals surface area contributed by atoms with E-state index in [4.69, 9.17) is 0 Å². The first kappa shape index (κ1) is 21.5. The van der Waals surface area contributed by atoms with Crippen molar-refractivity contribution in [3.63, 3.8) is 0 Å². The molecule has 5 nitrogen and oxygen atoms in total. The summed E-state index contributed by atoms with van der Waals surface area (Å²) < 4.78 is 0. The van der Waals surface area contributed by atoms with Crippen LogP contribution in [0.5, 0.6) is 0 Å². The van der Waals surface area contributed by atoms with E-state index in [1.54, 1.807) is 23.7 Å². The minimum Gasteiger partial charge on any atom is -0.354 e. The number of rotatable bonds is 9. The largest absolute Gasteiger partial charge is 0.354 e. The summed E-state index contributed by atoms with van der Waals surface area (Å²) in [5, 5.41) is 5.93. The molecule has 0 spiro atoms. The van der Waals surface area contributed by atoms with Crippen LogP contribution in [0.15, 0.2) is 40.8 Å². The maximum atomic E-state index is 12.4. The van der Waals surface area contributed by atoms with Crippen molar-refractivity contribution in [2.45, 2.75) is 50.0 Å². The SMILES string of the molecule is CSc1ccccc1NC(=O)CN(C)[C@@H](C)C(=O)NCCC1=CCCCC1. The van der Waals surface area contributed by atoms with Gasteiger partial charge in [-0.05, 0) is 64.5 Å². The summed E-state index contributed by atoms with van der Waals surface area (Å²) in [5.41, 5.74) is 2.26. The van der Waals surface area contributed by atoms with E-state index in [1.807, 2.05) is 37.4 Å². The smallest absolute Gasteiger partial charge is 0.238 e. The number of para-hydroxylation sites is 1. The number of thioether (sulfide) groups is 1. The van der Waals surface area contributed by atoms with Crippen molar-refractivity contribution in [2.24, 2.45) is 0 Å². The van der Waals surface area contributed by atoms with Gasteiger partial charge in [0.15, 0.2) is 0 Å². The Balaban J connectivity index is 1.76. The van der Waals surface area contributed by atoms with Crippen LogP contribution in [0, 0.1) is 0 Å². The van der Waals surface area contributed by atoms with Gasteiger partial charge in [-0.3, -0.25) is 14.5 Å². The number of carbonyl (C=O) groups excluding carboxylic acids is 2. The minimum atomic E-state index is -0.355. The minimum absolute atomic E-state index is 0.0359. The highest BCUT2D eigenvalue weighted by atomic mass is 32.2. The van der Waals surface area contributed by atoms with Crippen molar-refractivity contribution in [1.82, 2.24) is 10.2 Å². The number of allylic oxidation sites excluding steroid dienone is 1. The second-order valence-electron chi connectivity index (χ2n) is 6.99. The molecule has 27 heavy (non-hydrogen) atoms. The monoisotopic (exact) mass is 389 g/mol. The highest BCUT2D eigenvalue weighted by molar-refractivity contribution is 7.98. The van der Waals surface area contributed by atoms with Gasteiger partial charge in [-0.15, -0.1) is 11.8 Å². The van der Waals surface area contributed by atoms with E-state index in [0.29, 0.717) is 6.54 Å². The summed E-state index contributed by atoms with van der Waals surface area (Å²) in [6, 6.07) is 7.36. The van der Waals surface area contributed by atoms with Crippen LogP contribution in [0.1, 0.15) is 39.0 Å². The molecule has 6 heteroatoms. The van der Waals surface area contributed by atoms with Crippen LogP contribution >= 0.6 is 11.8 Å². The molecule has 0 fully saturated rings. The van der Waals surface area contributed by atoms with E-state index in [2.05, 4.69) is 16.7 Å². The van der Waals surface area contributed by atoms with E-state index in [0.717, 1.165) is 29.8 Å². The number of hydrogen-bond acceptors (Lipinski definition) is 4. The molecular formula is C21H31N3O2S. The third kappa shape index (κ3) is 7.03. The summed E-state index contributed by atoms with van der Waals surface area (Å²) in [7, 11) is 1.80. The number of nitrogens with zero attached hydrogens (tertiary/aromatic N) is 1. The van der Waals surface area contributed by atoms with Gasteiger partial charge < -0.3 is 10.6 Å². The summed E-state index contributed by atoms with van der Waals surface area (Å²) in [5.74, 6) is -0.155. The average Bonchev–Trinajstić information content (AvgIpc) is 2.68. The molecule has 0 saturated heterocycles. The molecule has 0 aliphatic heterocycles. The van der Waals surface area contributed by atoms with Crippen LogP contribution in [-0.4, -0.2) is 49.1 Å². The fourth-order valence-corrected chi connectivity index (χ4v) is 3.68. The van der Waals surface area contributed by atoms with Gasteiger partial charge in [-0.25, -0.2) is 0 Å². The average molecular weight is 390 g/mol. The molecule has 0 unspecified atom stereocenters. The Hall–Kier alpha value is -1.79. The Morgan fingerprint density at radius 1 is 1.26 bits per heavy atom. The Labute approximate surface area is 167 Å². The molecule has 0 aromatic heterocycles. The van der Waals surface area contributed by atoms with Crippen molar-refractivity contribution < 1.29 is 9.59 Å². The molecule has 1 atom stereocenters.